The van der Waals surface area contributed by atoms with E-state index in [1.807, 2.05) is 0 Å². The van der Waals surface area contributed by atoms with E-state index in [2.05, 4.69) is 0 Å². The van der Waals surface area contributed by atoms with Crippen LogP contribution in [0.25, 0.3) is 0 Å². The first-order chi connectivity index (χ1) is 10.5. The molecular weight excluding hydrogens is 289 g/mol. The lowest BCUT2D eigenvalue weighted by Crippen LogP contribution is -2.36. The van der Waals surface area contributed by atoms with Crippen molar-refractivity contribution in [3.05, 3.63) is 35.6 Å². The Bertz CT molecular complexity index is 587. The Kier molecular flexibility index (Phi) is 5.25. The summed E-state index contributed by atoms with van der Waals surface area (Å²) in [6.07, 6.45) is 1.33. The molecule has 0 aromatic heterocycles. The first-order valence-corrected chi connectivity index (χ1v) is 7.21. The maximum absolute atomic E-state index is 13.1. The van der Waals surface area contributed by atoms with E-state index in [-0.39, 0.29) is 11.7 Å². The lowest BCUT2D eigenvalue weighted by Gasteiger charge is -2.15. The molecular formula is C16H18FNO4. The molecule has 1 aromatic carbocycles. The second-order valence-corrected chi connectivity index (χ2v) is 5.39. The van der Waals surface area contributed by atoms with Crippen molar-refractivity contribution >= 4 is 17.8 Å². The van der Waals surface area contributed by atoms with Gasteiger partial charge in [0, 0.05) is 13.0 Å². The molecule has 0 spiro atoms. The van der Waals surface area contributed by atoms with Crippen molar-refractivity contribution in [2.75, 3.05) is 13.2 Å². The molecule has 1 atom stereocenters. The van der Waals surface area contributed by atoms with Crippen molar-refractivity contribution < 1.29 is 23.5 Å². The fourth-order valence-corrected chi connectivity index (χ4v) is 2.37. The highest BCUT2D eigenvalue weighted by atomic mass is 19.1. The molecule has 2 amide bonds. The van der Waals surface area contributed by atoms with E-state index in [0.717, 1.165) is 4.90 Å². The average molecular weight is 307 g/mol. The van der Waals surface area contributed by atoms with Gasteiger partial charge in [0.15, 0.2) is 6.61 Å². The van der Waals surface area contributed by atoms with E-state index in [1.54, 1.807) is 19.1 Å². The monoisotopic (exact) mass is 307 g/mol. The summed E-state index contributed by atoms with van der Waals surface area (Å²) in [6, 6.07) is 5.99. The Balaban J connectivity index is 1.81. The zero-order chi connectivity index (χ0) is 16.1. The fourth-order valence-electron chi connectivity index (χ4n) is 2.37. The SMILES string of the molecule is CC(Cc1cccc(F)c1)C(=O)OCC(=O)N1CCCC1=O. The summed E-state index contributed by atoms with van der Waals surface area (Å²) in [5.74, 6) is -2.11. The molecule has 6 heteroatoms. The maximum atomic E-state index is 13.1. The van der Waals surface area contributed by atoms with Crippen molar-refractivity contribution in [2.45, 2.75) is 26.2 Å². The van der Waals surface area contributed by atoms with Crippen LogP contribution in [0.1, 0.15) is 25.3 Å². The van der Waals surface area contributed by atoms with E-state index < -0.39 is 24.4 Å². The largest absolute Gasteiger partial charge is 0.455 e. The number of benzene rings is 1. The Morgan fingerprint density at radius 2 is 2.18 bits per heavy atom. The predicted molar refractivity (Wildman–Crippen MR) is 76.2 cm³/mol. The van der Waals surface area contributed by atoms with Crippen molar-refractivity contribution in [1.29, 1.82) is 0 Å². The van der Waals surface area contributed by atoms with Gasteiger partial charge >= 0.3 is 5.97 Å². The number of rotatable bonds is 5. The third kappa shape index (κ3) is 4.13. The van der Waals surface area contributed by atoms with Gasteiger partial charge in [0.25, 0.3) is 5.91 Å². The molecule has 0 radical (unpaired) electrons. The van der Waals surface area contributed by atoms with E-state index in [9.17, 15) is 18.8 Å². The van der Waals surface area contributed by atoms with Crippen LogP contribution >= 0.6 is 0 Å². The zero-order valence-corrected chi connectivity index (χ0v) is 12.4. The lowest BCUT2D eigenvalue weighted by molar-refractivity contribution is -0.157. The highest BCUT2D eigenvalue weighted by Gasteiger charge is 2.27. The summed E-state index contributed by atoms with van der Waals surface area (Å²) >= 11 is 0. The minimum absolute atomic E-state index is 0.228. The van der Waals surface area contributed by atoms with E-state index >= 15 is 0 Å². The summed E-state index contributed by atoms with van der Waals surface area (Å²) < 4.78 is 18.0. The summed E-state index contributed by atoms with van der Waals surface area (Å²) in [5, 5.41) is 0. The number of likely N-dealkylation sites (tertiary alicyclic amines) is 1. The van der Waals surface area contributed by atoms with Crippen molar-refractivity contribution in [1.82, 2.24) is 4.90 Å². The molecule has 1 heterocycles. The third-order valence-corrected chi connectivity index (χ3v) is 3.55. The number of ether oxygens (including phenoxy) is 1. The normalized spacial score (nSPS) is 15.7. The van der Waals surface area contributed by atoms with Gasteiger partial charge in [-0.25, -0.2) is 4.39 Å². The van der Waals surface area contributed by atoms with Gasteiger partial charge in [-0.2, -0.15) is 0 Å². The maximum Gasteiger partial charge on any atom is 0.309 e. The van der Waals surface area contributed by atoms with Gasteiger partial charge in [0.2, 0.25) is 5.91 Å². The van der Waals surface area contributed by atoms with Gasteiger partial charge in [0.05, 0.1) is 5.92 Å². The molecule has 22 heavy (non-hydrogen) atoms. The molecule has 118 valence electrons. The summed E-state index contributed by atoms with van der Waals surface area (Å²) in [5.41, 5.74) is 0.686. The molecule has 5 nitrogen and oxygen atoms in total. The van der Waals surface area contributed by atoms with Crippen LogP contribution in [0, 0.1) is 11.7 Å². The molecule has 1 aliphatic rings. The first-order valence-electron chi connectivity index (χ1n) is 7.21. The van der Waals surface area contributed by atoms with E-state index in [4.69, 9.17) is 4.74 Å². The summed E-state index contributed by atoms with van der Waals surface area (Å²) in [6.45, 7) is 1.60. The molecule has 0 aliphatic carbocycles. The summed E-state index contributed by atoms with van der Waals surface area (Å²) in [4.78, 5) is 36.1. The minimum Gasteiger partial charge on any atom is -0.455 e. The second-order valence-electron chi connectivity index (χ2n) is 5.39. The summed E-state index contributed by atoms with van der Waals surface area (Å²) in [7, 11) is 0. The van der Waals surface area contributed by atoms with Gasteiger partial charge in [0.1, 0.15) is 5.82 Å². The Morgan fingerprint density at radius 3 is 2.82 bits per heavy atom. The minimum atomic E-state index is -0.538. The number of amides is 2. The molecule has 0 N–H and O–H groups in total. The highest BCUT2D eigenvalue weighted by molar-refractivity contribution is 5.97. The fraction of sp³-hybridized carbons (Fsp3) is 0.438. The van der Waals surface area contributed by atoms with Crippen LogP contribution in [-0.4, -0.2) is 35.8 Å². The van der Waals surface area contributed by atoms with Crippen molar-refractivity contribution in [3.63, 3.8) is 0 Å². The number of hydrogen-bond donors (Lipinski definition) is 0. The second kappa shape index (κ2) is 7.15. The van der Waals surface area contributed by atoms with Gasteiger partial charge < -0.3 is 4.74 Å². The smallest absolute Gasteiger partial charge is 0.309 e. The topological polar surface area (TPSA) is 63.7 Å². The van der Waals surface area contributed by atoms with Crippen LogP contribution in [0.2, 0.25) is 0 Å². The number of carbonyl (C=O) groups excluding carboxylic acids is 3. The molecule has 1 aliphatic heterocycles. The van der Waals surface area contributed by atoms with Crippen LogP contribution in [0.3, 0.4) is 0 Å². The quantitative estimate of drug-likeness (QED) is 0.777. The number of hydrogen-bond acceptors (Lipinski definition) is 4. The highest BCUT2D eigenvalue weighted by Crippen LogP contribution is 2.13. The van der Waals surface area contributed by atoms with Crippen LogP contribution < -0.4 is 0 Å². The Labute approximate surface area is 128 Å². The van der Waals surface area contributed by atoms with Gasteiger partial charge in [-0.05, 0) is 30.5 Å². The zero-order valence-electron chi connectivity index (χ0n) is 12.4. The van der Waals surface area contributed by atoms with Gasteiger partial charge in [-0.3, -0.25) is 19.3 Å². The molecule has 2 rings (SSSR count). The predicted octanol–water partition coefficient (Wildman–Crippen LogP) is 1.70. The van der Waals surface area contributed by atoms with Crippen LogP contribution in [0.15, 0.2) is 24.3 Å². The number of carbonyl (C=O) groups is 3. The number of nitrogens with zero attached hydrogens (tertiary/aromatic N) is 1. The van der Waals surface area contributed by atoms with Crippen LogP contribution in [-0.2, 0) is 25.5 Å². The van der Waals surface area contributed by atoms with E-state index in [1.165, 1.54) is 12.1 Å². The molecule has 0 bridgehead atoms. The Morgan fingerprint density at radius 1 is 1.41 bits per heavy atom. The first kappa shape index (κ1) is 16.1. The van der Waals surface area contributed by atoms with Crippen LogP contribution in [0.5, 0.6) is 0 Å². The van der Waals surface area contributed by atoms with Crippen molar-refractivity contribution in [2.24, 2.45) is 5.92 Å². The van der Waals surface area contributed by atoms with Gasteiger partial charge in [-0.1, -0.05) is 19.1 Å². The standard InChI is InChI=1S/C16H18FNO4/c1-11(8-12-4-2-5-13(17)9-12)16(21)22-10-15(20)18-7-3-6-14(18)19/h2,4-5,9,11H,3,6-8,10H2,1H3. The number of esters is 1. The number of imide groups is 1. The van der Waals surface area contributed by atoms with Crippen molar-refractivity contribution in [3.8, 4) is 0 Å². The molecule has 0 saturated carbocycles. The third-order valence-electron chi connectivity index (χ3n) is 3.55. The lowest BCUT2D eigenvalue weighted by atomic mass is 10.0. The van der Waals surface area contributed by atoms with Crippen LogP contribution in [0.4, 0.5) is 4.39 Å². The number of halogens is 1. The van der Waals surface area contributed by atoms with E-state index in [0.29, 0.717) is 31.4 Å². The Hall–Kier alpha value is -2.24. The molecule has 1 saturated heterocycles. The molecule has 1 unspecified atom stereocenters. The average Bonchev–Trinajstić information content (AvgIpc) is 2.90. The van der Waals surface area contributed by atoms with Gasteiger partial charge in [-0.15, -0.1) is 0 Å². The molecule has 1 fully saturated rings. The molecule has 1 aromatic rings.